The molecule has 24 heavy (non-hydrogen) atoms. The number of aromatic nitrogens is 1. The van der Waals surface area contributed by atoms with E-state index < -0.39 is 6.36 Å². The molecule has 0 fully saturated rings. The average Bonchev–Trinajstić information content (AvgIpc) is 2.94. The number of nitrogens with zero attached hydrogens (tertiary/aromatic N) is 1. The lowest BCUT2D eigenvalue weighted by Crippen LogP contribution is -2.17. The molecule has 3 nitrogen and oxygen atoms in total. The molecule has 0 unspecified atom stereocenters. The minimum atomic E-state index is -4.72. The van der Waals surface area contributed by atoms with Gasteiger partial charge in [-0.2, -0.15) is 0 Å². The van der Waals surface area contributed by atoms with Gasteiger partial charge >= 0.3 is 6.36 Å². The molecule has 0 aliphatic rings. The van der Waals surface area contributed by atoms with E-state index in [1.54, 1.807) is 18.2 Å². The normalized spacial score (nSPS) is 11.3. The maximum atomic E-state index is 12.3. The standard InChI is InChI=1S/C16H10ClF3N2OS/c17-11-4-1-3-10(7-11)14-9-24-15(22-14)21-12-5-2-6-13(8-12)23-16(18,19)20/h1-9H,(H,21,22). The molecule has 0 spiro atoms. The molecule has 0 amide bonds. The maximum Gasteiger partial charge on any atom is 0.573 e. The molecule has 1 heterocycles. The number of ether oxygens (including phenoxy) is 1. The van der Waals surface area contributed by atoms with Crippen molar-refractivity contribution in [1.29, 1.82) is 0 Å². The van der Waals surface area contributed by atoms with Crippen LogP contribution in [0.1, 0.15) is 0 Å². The molecule has 0 radical (unpaired) electrons. The zero-order chi connectivity index (χ0) is 17.2. The Hall–Kier alpha value is -2.25. The lowest BCUT2D eigenvalue weighted by molar-refractivity contribution is -0.274. The lowest BCUT2D eigenvalue weighted by atomic mass is 10.2. The Labute approximate surface area is 144 Å². The zero-order valence-electron chi connectivity index (χ0n) is 12.0. The first-order valence-corrected chi connectivity index (χ1v) is 7.99. The minimum absolute atomic E-state index is 0.292. The van der Waals surface area contributed by atoms with Crippen LogP contribution in [0.5, 0.6) is 5.75 Å². The van der Waals surface area contributed by atoms with Gasteiger partial charge in [-0.3, -0.25) is 0 Å². The lowest BCUT2D eigenvalue weighted by Gasteiger charge is -2.10. The van der Waals surface area contributed by atoms with E-state index in [2.05, 4.69) is 15.0 Å². The summed E-state index contributed by atoms with van der Waals surface area (Å²) in [5.41, 5.74) is 2.04. The van der Waals surface area contributed by atoms with Crippen LogP contribution in [-0.2, 0) is 0 Å². The monoisotopic (exact) mass is 370 g/mol. The number of hydrogen-bond donors (Lipinski definition) is 1. The van der Waals surface area contributed by atoms with E-state index in [1.807, 2.05) is 17.5 Å². The first-order chi connectivity index (χ1) is 11.4. The van der Waals surface area contributed by atoms with Crippen LogP contribution in [0.4, 0.5) is 24.0 Å². The third kappa shape index (κ3) is 4.39. The Morgan fingerprint density at radius 3 is 2.62 bits per heavy atom. The number of anilines is 2. The van der Waals surface area contributed by atoms with Crippen molar-refractivity contribution >= 4 is 33.8 Å². The Bertz CT molecular complexity index is 851. The Balaban J connectivity index is 1.76. The molecule has 0 saturated heterocycles. The van der Waals surface area contributed by atoms with E-state index in [0.29, 0.717) is 15.8 Å². The number of alkyl halides is 3. The van der Waals surface area contributed by atoms with Gasteiger partial charge in [0.1, 0.15) is 5.75 Å². The number of halogens is 4. The number of nitrogens with one attached hydrogen (secondary N) is 1. The van der Waals surface area contributed by atoms with Gasteiger partial charge in [0, 0.05) is 27.7 Å². The summed E-state index contributed by atoms with van der Waals surface area (Å²) in [5.74, 6) is -0.292. The second-order valence-electron chi connectivity index (χ2n) is 4.75. The molecule has 0 aliphatic carbocycles. The van der Waals surface area contributed by atoms with Gasteiger partial charge in [0.05, 0.1) is 5.69 Å². The van der Waals surface area contributed by atoms with Crippen molar-refractivity contribution in [3.63, 3.8) is 0 Å². The molecule has 0 bridgehead atoms. The number of thiazole rings is 1. The number of hydrogen-bond acceptors (Lipinski definition) is 4. The first kappa shape index (κ1) is 16.6. The van der Waals surface area contributed by atoms with Gasteiger partial charge in [-0.25, -0.2) is 4.98 Å². The van der Waals surface area contributed by atoms with E-state index in [0.717, 1.165) is 11.3 Å². The Kier molecular flexibility index (Phi) is 4.64. The summed E-state index contributed by atoms with van der Waals surface area (Å²) >= 11 is 7.29. The predicted octanol–water partition coefficient (Wildman–Crippen LogP) is 6.11. The van der Waals surface area contributed by atoms with E-state index in [-0.39, 0.29) is 5.75 Å². The Morgan fingerprint density at radius 2 is 1.88 bits per heavy atom. The van der Waals surface area contributed by atoms with E-state index in [1.165, 1.54) is 29.5 Å². The van der Waals surface area contributed by atoms with E-state index in [9.17, 15) is 13.2 Å². The Morgan fingerprint density at radius 1 is 1.08 bits per heavy atom. The quantitative estimate of drug-likeness (QED) is 0.602. The molecule has 1 aromatic heterocycles. The molecule has 3 rings (SSSR count). The molecular weight excluding hydrogens is 361 g/mol. The maximum absolute atomic E-state index is 12.3. The van der Waals surface area contributed by atoms with Crippen molar-refractivity contribution in [2.45, 2.75) is 6.36 Å². The number of benzene rings is 2. The molecular formula is C16H10ClF3N2OS. The van der Waals surface area contributed by atoms with Crippen molar-refractivity contribution in [2.75, 3.05) is 5.32 Å². The van der Waals surface area contributed by atoms with Crippen molar-refractivity contribution in [1.82, 2.24) is 4.98 Å². The van der Waals surface area contributed by atoms with Crippen LogP contribution in [-0.4, -0.2) is 11.3 Å². The highest BCUT2D eigenvalue weighted by Gasteiger charge is 2.31. The summed E-state index contributed by atoms with van der Waals surface area (Å²) in [7, 11) is 0. The fraction of sp³-hybridized carbons (Fsp3) is 0.0625. The fourth-order valence-electron chi connectivity index (χ4n) is 2.01. The molecule has 1 N–H and O–H groups in total. The van der Waals surface area contributed by atoms with Gasteiger partial charge in [-0.15, -0.1) is 24.5 Å². The minimum Gasteiger partial charge on any atom is -0.406 e. The van der Waals surface area contributed by atoms with Crippen molar-refractivity contribution in [2.24, 2.45) is 0 Å². The van der Waals surface area contributed by atoms with Gasteiger partial charge in [0.15, 0.2) is 5.13 Å². The van der Waals surface area contributed by atoms with Crippen LogP contribution < -0.4 is 10.1 Å². The van der Waals surface area contributed by atoms with Gasteiger partial charge < -0.3 is 10.1 Å². The predicted molar refractivity (Wildman–Crippen MR) is 89.0 cm³/mol. The molecule has 3 aromatic rings. The summed E-state index contributed by atoms with van der Waals surface area (Å²) in [5, 5.41) is 5.95. The molecule has 0 aliphatic heterocycles. The van der Waals surface area contributed by atoms with E-state index >= 15 is 0 Å². The van der Waals surface area contributed by atoms with Gasteiger partial charge in [-0.1, -0.05) is 29.8 Å². The fourth-order valence-corrected chi connectivity index (χ4v) is 2.94. The van der Waals surface area contributed by atoms with Crippen LogP contribution in [0.25, 0.3) is 11.3 Å². The third-order valence-corrected chi connectivity index (χ3v) is 3.94. The topological polar surface area (TPSA) is 34.1 Å². The smallest absolute Gasteiger partial charge is 0.406 e. The van der Waals surface area contributed by atoms with Crippen LogP contribution in [0.3, 0.4) is 0 Å². The van der Waals surface area contributed by atoms with Gasteiger partial charge in [0.2, 0.25) is 0 Å². The highest BCUT2D eigenvalue weighted by atomic mass is 35.5. The van der Waals surface area contributed by atoms with Crippen LogP contribution >= 0.6 is 22.9 Å². The molecule has 2 aromatic carbocycles. The number of rotatable bonds is 4. The molecule has 0 atom stereocenters. The molecule has 0 saturated carbocycles. The van der Waals surface area contributed by atoms with Gasteiger partial charge in [0.25, 0.3) is 0 Å². The summed E-state index contributed by atoms with van der Waals surface area (Å²) in [6.07, 6.45) is -4.72. The molecule has 124 valence electrons. The second-order valence-corrected chi connectivity index (χ2v) is 6.04. The summed E-state index contributed by atoms with van der Waals surface area (Å²) in [4.78, 5) is 4.41. The SMILES string of the molecule is FC(F)(F)Oc1cccc(Nc2nc(-c3cccc(Cl)c3)cs2)c1. The van der Waals surface area contributed by atoms with Crippen molar-refractivity contribution in [3.8, 4) is 17.0 Å². The molecule has 8 heteroatoms. The van der Waals surface area contributed by atoms with Crippen molar-refractivity contribution in [3.05, 3.63) is 58.9 Å². The highest BCUT2D eigenvalue weighted by molar-refractivity contribution is 7.14. The van der Waals surface area contributed by atoms with Crippen LogP contribution in [0, 0.1) is 0 Å². The van der Waals surface area contributed by atoms with Crippen LogP contribution in [0.15, 0.2) is 53.9 Å². The second kappa shape index (κ2) is 6.70. The van der Waals surface area contributed by atoms with Crippen LogP contribution in [0.2, 0.25) is 5.02 Å². The van der Waals surface area contributed by atoms with E-state index in [4.69, 9.17) is 11.6 Å². The third-order valence-electron chi connectivity index (χ3n) is 2.94. The largest absolute Gasteiger partial charge is 0.573 e. The highest BCUT2D eigenvalue weighted by Crippen LogP contribution is 2.30. The average molecular weight is 371 g/mol. The first-order valence-electron chi connectivity index (χ1n) is 6.73. The zero-order valence-corrected chi connectivity index (χ0v) is 13.5. The van der Waals surface area contributed by atoms with Gasteiger partial charge in [-0.05, 0) is 24.3 Å². The summed E-state index contributed by atoms with van der Waals surface area (Å²) < 4.78 is 40.7. The van der Waals surface area contributed by atoms with Crippen molar-refractivity contribution < 1.29 is 17.9 Å². The summed E-state index contributed by atoms with van der Waals surface area (Å²) in [6, 6.07) is 12.8. The summed E-state index contributed by atoms with van der Waals surface area (Å²) in [6.45, 7) is 0.